The third-order valence-electron chi connectivity index (χ3n) is 4.82. The molecule has 20 heavy (non-hydrogen) atoms. The second-order valence-electron chi connectivity index (χ2n) is 6.59. The minimum absolute atomic E-state index is 0.578. The van der Waals surface area contributed by atoms with Gasteiger partial charge in [0.1, 0.15) is 5.82 Å². The molecule has 0 radical (unpaired) electrons. The Kier molecular flexibility index (Phi) is 3.97. The van der Waals surface area contributed by atoms with Crippen LogP contribution in [0.5, 0.6) is 0 Å². The molecule has 0 amide bonds. The number of likely N-dealkylation sites (tertiary alicyclic amines) is 1. The SMILES string of the molecule is Cc1cc(C2CCCN2C(C)C)cnc1N1CCCC1. The molecule has 0 spiro atoms. The lowest BCUT2D eigenvalue weighted by molar-refractivity contribution is 0.205. The first-order valence-electron chi connectivity index (χ1n) is 8.14. The Hall–Kier alpha value is -1.09. The summed E-state index contributed by atoms with van der Waals surface area (Å²) < 4.78 is 0. The molecule has 0 N–H and O–H groups in total. The largest absolute Gasteiger partial charge is 0.356 e. The van der Waals surface area contributed by atoms with Crippen LogP contribution in [0.3, 0.4) is 0 Å². The summed E-state index contributed by atoms with van der Waals surface area (Å²) in [6.07, 6.45) is 7.35. The Morgan fingerprint density at radius 1 is 1.15 bits per heavy atom. The highest BCUT2D eigenvalue weighted by Gasteiger charge is 2.28. The van der Waals surface area contributed by atoms with Crippen molar-refractivity contribution in [1.82, 2.24) is 9.88 Å². The Morgan fingerprint density at radius 3 is 2.55 bits per heavy atom. The van der Waals surface area contributed by atoms with Crippen molar-refractivity contribution < 1.29 is 0 Å². The van der Waals surface area contributed by atoms with E-state index in [1.807, 2.05) is 0 Å². The predicted molar refractivity (Wildman–Crippen MR) is 84.2 cm³/mol. The first-order valence-corrected chi connectivity index (χ1v) is 8.14. The van der Waals surface area contributed by atoms with Gasteiger partial charge in [0.2, 0.25) is 0 Å². The van der Waals surface area contributed by atoms with Crippen molar-refractivity contribution in [3.8, 4) is 0 Å². The van der Waals surface area contributed by atoms with Gasteiger partial charge in [-0.25, -0.2) is 4.98 Å². The molecular weight excluding hydrogens is 246 g/mol. The maximum absolute atomic E-state index is 4.80. The second-order valence-corrected chi connectivity index (χ2v) is 6.59. The first-order chi connectivity index (χ1) is 9.66. The molecule has 1 aromatic rings. The van der Waals surface area contributed by atoms with E-state index in [1.54, 1.807) is 0 Å². The van der Waals surface area contributed by atoms with Crippen LogP contribution in [0.15, 0.2) is 12.3 Å². The van der Waals surface area contributed by atoms with E-state index in [0.717, 1.165) is 0 Å². The Balaban J connectivity index is 1.82. The van der Waals surface area contributed by atoms with E-state index in [-0.39, 0.29) is 0 Å². The highest BCUT2D eigenvalue weighted by Crippen LogP contribution is 2.34. The van der Waals surface area contributed by atoms with Gasteiger partial charge in [0.05, 0.1) is 0 Å². The van der Waals surface area contributed by atoms with E-state index in [4.69, 9.17) is 4.98 Å². The van der Waals surface area contributed by atoms with Crippen LogP contribution >= 0.6 is 0 Å². The monoisotopic (exact) mass is 273 g/mol. The molecule has 0 saturated carbocycles. The fourth-order valence-corrected chi connectivity index (χ4v) is 3.80. The predicted octanol–water partition coefficient (Wildman–Crippen LogP) is 3.54. The molecule has 2 saturated heterocycles. The van der Waals surface area contributed by atoms with Crippen LogP contribution in [0.2, 0.25) is 0 Å². The molecule has 3 rings (SSSR count). The molecule has 2 aliphatic rings. The smallest absolute Gasteiger partial charge is 0.131 e. The number of rotatable bonds is 3. The molecule has 0 aromatic carbocycles. The summed E-state index contributed by atoms with van der Waals surface area (Å²) in [6.45, 7) is 10.4. The van der Waals surface area contributed by atoms with Crippen LogP contribution in [-0.2, 0) is 0 Å². The Labute approximate surface area is 123 Å². The summed E-state index contributed by atoms with van der Waals surface area (Å²) in [4.78, 5) is 9.85. The molecule has 3 heterocycles. The van der Waals surface area contributed by atoms with Crippen LogP contribution < -0.4 is 4.90 Å². The summed E-state index contributed by atoms with van der Waals surface area (Å²) in [5, 5.41) is 0. The van der Waals surface area contributed by atoms with Gasteiger partial charge in [-0.05, 0) is 70.2 Å². The van der Waals surface area contributed by atoms with Gasteiger partial charge in [0.25, 0.3) is 0 Å². The van der Waals surface area contributed by atoms with Crippen LogP contribution in [0.4, 0.5) is 5.82 Å². The number of pyridine rings is 1. The molecule has 0 bridgehead atoms. The van der Waals surface area contributed by atoms with Gasteiger partial charge in [-0.15, -0.1) is 0 Å². The molecule has 3 nitrogen and oxygen atoms in total. The topological polar surface area (TPSA) is 19.4 Å². The lowest BCUT2D eigenvalue weighted by Crippen LogP contribution is -2.30. The van der Waals surface area contributed by atoms with E-state index in [1.165, 1.54) is 62.3 Å². The van der Waals surface area contributed by atoms with Gasteiger partial charge in [0, 0.05) is 31.4 Å². The third kappa shape index (κ3) is 2.56. The molecule has 1 atom stereocenters. The minimum atomic E-state index is 0.578. The number of hydrogen-bond donors (Lipinski definition) is 0. The molecule has 0 aliphatic carbocycles. The van der Waals surface area contributed by atoms with Gasteiger partial charge in [-0.2, -0.15) is 0 Å². The highest BCUT2D eigenvalue weighted by molar-refractivity contribution is 5.48. The standard InChI is InChI=1S/C17H27N3/c1-13(2)20-10-6-7-16(20)15-11-14(3)17(18-12-15)19-8-4-5-9-19/h11-13,16H,4-10H2,1-3H3. The molecule has 3 heteroatoms. The third-order valence-corrected chi connectivity index (χ3v) is 4.82. The maximum atomic E-state index is 4.80. The maximum Gasteiger partial charge on any atom is 0.131 e. The van der Waals surface area contributed by atoms with E-state index in [9.17, 15) is 0 Å². The number of hydrogen-bond acceptors (Lipinski definition) is 3. The van der Waals surface area contributed by atoms with Crippen LogP contribution in [0, 0.1) is 6.92 Å². The average Bonchev–Trinajstić information content (AvgIpc) is 3.10. The van der Waals surface area contributed by atoms with Crippen LogP contribution in [-0.4, -0.2) is 35.6 Å². The zero-order valence-corrected chi connectivity index (χ0v) is 13.1. The molecule has 2 aliphatic heterocycles. The zero-order valence-electron chi connectivity index (χ0n) is 13.1. The molecule has 1 aromatic heterocycles. The second kappa shape index (κ2) is 5.72. The van der Waals surface area contributed by atoms with Gasteiger partial charge < -0.3 is 4.90 Å². The normalized spacial score (nSPS) is 24.0. The lowest BCUT2D eigenvalue weighted by atomic mass is 10.0. The first kappa shape index (κ1) is 13.9. The molecular formula is C17H27N3. The number of nitrogens with zero attached hydrogens (tertiary/aromatic N) is 3. The summed E-state index contributed by atoms with van der Waals surface area (Å²) in [5.41, 5.74) is 2.76. The van der Waals surface area contributed by atoms with Crippen molar-refractivity contribution >= 4 is 5.82 Å². The molecule has 2 fully saturated rings. The fraction of sp³-hybridized carbons (Fsp3) is 0.706. The number of anilines is 1. The van der Waals surface area contributed by atoms with Crippen molar-refractivity contribution in [3.63, 3.8) is 0 Å². The van der Waals surface area contributed by atoms with Gasteiger partial charge in [-0.3, -0.25) is 4.90 Å². The highest BCUT2D eigenvalue weighted by atomic mass is 15.2. The Bertz CT molecular complexity index is 463. The zero-order chi connectivity index (χ0) is 14.1. The summed E-state index contributed by atoms with van der Waals surface area (Å²) in [6, 6.07) is 3.58. The van der Waals surface area contributed by atoms with Gasteiger partial charge in [0.15, 0.2) is 0 Å². The quantitative estimate of drug-likeness (QED) is 0.840. The molecule has 1 unspecified atom stereocenters. The van der Waals surface area contributed by atoms with Crippen molar-refractivity contribution in [2.75, 3.05) is 24.5 Å². The Morgan fingerprint density at radius 2 is 1.90 bits per heavy atom. The van der Waals surface area contributed by atoms with Crippen molar-refractivity contribution in [2.24, 2.45) is 0 Å². The van der Waals surface area contributed by atoms with Crippen LogP contribution in [0.1, 0.15) is 56.7 Å². The van der Waals surface area contributed by atoms with Crippen molar-refractivity contribution in [3.05, 3.63) is 23.4 Å². The molecule has 110 valence electrons. The van der Waals surface area contributed by atoms with E-state index in [2.05, 4.69) is 42.8 Å². The van der Waals surface area contributed by atoms with E-state index >= 15 is 0 Å². The minimum Gasteiger partial charge on any atom is -0.356 e. The van der Waals surface area contributed by atoms with Gasteiger partial charge in [-0.1, -0.05) is 0 Å². The van der Waals surface area contributed by atoms with E-state index < -0.39 is 0 Å². The lowest BCUT2D eigenvalue weighted by Gasteiger charge is -2.29. The van der Waals surface area contributed by atoms with E-state index in [0.29, 0.717) is 12.1 Å². The van der Waals surface area contributed by atoms with Gasteiger partial charge >= 0.3 is 0 Å². The van der Waals surface area contributed by atoms with Crippen LogP contribution in [0.25, 0.3) is 0 Å². The summed E-state index contributed by atoms with van der Waals surface area (Å²) >= 11 is 0. The number of aromatic nitrogens is 1. The van der Waals surface area contributed by atoms with Crippen molar-refractivity contribution in [2.45, 2.75) is 58.5 Å². The fourth-order valence-electron chi connectivity index (χ4n) is 3.80. The number of aryl methyl sites for hydroxylation is 1. The van der Waals surface area contributed by atoms with Crippen molar-refractivity contribution in [1.29, 1.82) is 0 Å². The summed E-state index contributed by atoms with van der Waals surface area (Å²) in [7, 11) is 0. The summed E-state index contributed by atoms with van der Waals surface area (Å²) in [5.74, 6) is 1.21. The average molecular weight is 273 g/mol.